The van der Waals surface area contributed by atoms with E-state index in [9.17, 15) is 0 Å². The van der Waals surface area contributed by atoms with Crippen LogP contribution in [0.3, 0.4) is 0 Å². The van der Waals surface area contributed by atoms with Gasteiger partial charge in [-0.1, -0.05) is 26.2 Å². The number of thiazole rings is 1. The van der Waals surface area contributed by atoms with Crippen molar-refractivity contribution in [3.05, 3.63) is 16.6 Å². The van der Waals surface area contributed by atoms with Gasteiger partial charge in [-0.2, -0.15) is 0 Å². The van der Waals surface area contributed by atoms with Gasteiger partial charge in [0.15, 0.2) is 0 Å². The van der Waals surface area contributed by atoms with Crippen molar-refractivity contribution < 1.29 is 0 Å². The molecule has 1 fully saturated rings. The average Bonchev–Trinajstić information content (AvgIpc) is 2.85. The summed E-state index contributed by atoms with van der Waals surface area (Å²) in [6.07, 6.45) is 10.3. The fourth-order valence-corrected chi connectivity index (χ4v) is 3.43. The molecule has 2 nitrogen and oxygen atoms in total. The van der Waals surface area contributed by atoms with Crippen LogP contribution in [-0.2, 0) is 0 Å². The van der Waals surface area contributed by atoms with Crippen LogP contribution in [-0.4, -0.2) is 11.5 Å². The molecular weight excluding hydrogens is 216 g/mol. The van der Waals surface area contributed by atoms with Crippen molar-refractivity contribution in [1.82, 2.24) is 10.3 Å². The van der Waals surface area contributed by atoms with Gasteiger partial charge in [-0.3, -0.25) is 4.98 Å². The van der Waals surface area contributed by atoms with Gasteiger partial charge in [0.05, 0.1) is 5.51 Å². The standard InChI is InChI=1S/C13H22N2S/c1-2-8-15-13(12-9-14-10-16-12)11-6-4-3-5-7-11/h9-11,13,15H,2-8H2,1H3. The average molecular weight is 238 g/mol. The van der Waals surface area contributed by atoms with Crippen molar-refractivity contribution in [3.8, 4) is 0 Å². The molecule has 1 N–H and O–H groups in total. The minimum atomic E-state index is 0.563. The van der Waals surface area contributed by atoms with E-state index in [2.05, 4.69) is 17.2 Å². The van der Waals surface area contributed by atoms with Crippen molar-refractivity contribution in [2.75, 3.05) is 6.54 Å². The fourth-order valence-electron chi connectivity index (χ4n) is 2.65. The zero-order valence-corrected chi connectivity index (χ0v) is 10.9. The Hall–Kier alpha value is -0.410. The third-order valence-electron chi connectivity index (χ3n) is 3.49. The topological polar surface area (TPSA) is 24.9 Å². The van der Waals surface area contributed by atoms with Gasteiger partial charge in [0.2, 0.25) is 0 Å². The summed E-state index contributed by atoms with van der Waals surface area (Å²) in [5.74, 6) is 0.834. The lowest BCUT2D eigenvalue weighted by molar-refractivity contribution is 0.274. The van der Waals surface area contributed by atoms with E-state index in [0.717, 1.165) is 12.5 Å². The smallest absolute Gasteiger partial charge is 0.0794 e. The van der Waals surface area contributed by atoms with Gasteiger partial charge in [-0.25, -0.2) is 0 Å². The lowest BCUT2D eigenvalue weighted by atomic mass is 9.83. The van der Waals surface area contributed by atoms with Crippen molar-refractivity contribution in [1.29, 1.82) is 0 Å². The zero-order chi connectivity index (χ0) is 11.2. The normalized spacial score (nSPS) is 19.8. The number of aromatic nitrogens is 1. The van der Waals surface area contributed by atoms with Crippen molar-refractivity contribution in [3.63, 3.8) is 0 Å². The van der Waals surface area contributed by atoms with E-state index in [-0.39, 0.29) is 0 Å². The molecule has 1 aromatic heterocycles. The summed E-state index contributed by atoms with van der Waals surface area (Å²) in [5.41, 5.74) is 1.96. The number of rotatable bonds is 5. The highest BCUT2D eigenvalue weighted by atomic mass is 32.1. The van der Waals surface area contributed by atoms with Crippen LogP contribution in [0.2, 0.25) is 0 Å². The second-order valence-corrected chi connectivity index (χ2v) is 5.65. The van der Waals surface area contributed by atoms with Gasteiger partial charge < -0.3 is 5.32 Å². The molecule has 0 spiro atoms. The summed E-state index contributed by atoms with van der Waals surface area (Å²) in [4.78, 5) is 5.66. The van der Waals surface area contributed by atoms with E-state index in [1.165, 1.54) is 43.4 Å². The molecule has 90 valence electrons. The van der Waals surface area contributed by atoms with Crippen molar-refractivity contribution >= 4 is 11.3 Å². The summed E-state index contributed by atoms with van der Waals surface area (Å²) in [5, 5.41) is 3.71. The molecule has 1 aliphatic rings. The number of nitrogens with zero attached hydrogens (tertiary/aromatic N) is 1. The van der Waals surface area contributed by atoms with E-state index in [1.54, 1.807) is 11.3 Å². The Morgan fingerprint density at radius 3 is 2.88 bits per heavy atom. The molecule has 2 rings (SSSR count). The maximum Gasteiger partial charge on any atom is 0.0794 e. The number of nitrogens with one attached hydrogen (secondary N) is 1. The van der Waals surface area contributed by atoms with Crippen molar-refractivity contribution in [2.45, 2.75) is 51.5 Å². The monoisotopic (exact) mass is 238 g/mol. The highest BCUT2D eigenvalue weighted by Gasteiger charge is 2.25. The van der Waals surface area contributed by atoms with Crippen LogP contribution < -0.4 is 5.32 Å². The molecule has 1 heterocycles. The van der Waals surface area contributed by atoms with E-state index >= 15 is 0 Å². The van der Waals surface area contributed by atoms with Gasteiger partial charge >= 0.3 is 0 Å². The lowest BCUT2D eigenvalue weighted by Crippen LogP contribution is -2.29. The Morgan fingerprint density at radius 1 is 1.44 bits per heavy atom. The molecular formula is C13H22N2S. The molecule has 1 atom stereocenters. The quantitative estimate of drug-likeness (QED) is 0.844. The minimum Gasteiger partial charge on any atom is -0.309 e. The first-order chi connectivity index (χ1) is 7.92. The second kappa shape index (κ2) is 6.36. The largest absolute Gasteiger partial charge is 0.309 e. The SMILES string of the molecule is CCCNC(c1cncs1)C1CCCCC1. The van der Waals surface area contributed by atoms with Gasteiger partial charge in [0, 0.05) is 17.1 Å². The lowest BCUT2D eigenvalue weighted by Gasteiger charge is -2.30. The van der Waals surface area contributed by atoms with Gasteiger partial charge in [0.1, 0.15) is 0 Å². The minimum absolute atomic E-state index is 0.563. The number of hydrogen-bond donors (Lipinski definition) is 1. The molecule has 1 saturated carbocycles. The molecule has 1 aromatic rings. The van der Waals surface area contributed by atoms with Crippen LogP contribution in [0.4, 0.5) is 0 Å². The maximum absolute atomic E-state index is 4.22. The molecule has 0 aromatic carbocycles. The Kier molecular flexibility index (Phi) is 4.79. The summed E-state index contributed by atoms with van der Waals surface area (Å²) in [6, 6.07) is 0.563. The predicted octanol–water partition coefficient (Wildman–Crippen LogP) is 3.76. The molecule has 0 saturated heterocycles. The van der Waals surface area contributed by atoms with Gasteiger partial charge in [0.25, 0.3) is 0 Å². The first-order valence-electron chi connectivity index (χ1n) is 6.53. The first-order valence-corrected chi connectivity index (χ1v) is 7.41. The van der Waals surface area contributed by atoms with E-state index in [1.807, 2.05) is 11.7 Å². The molecule has 3 heteroatoms. The Morgan fingerprint density at radius 2 is 2.25 bits per heavy atom. The van der Waals surface area contributed by atoms with Gasteiger partial charge in [-0.05, 0) is 31.7 Å². The van der Waals surface area contributed by atoms with E-state index in [0.29, 0.717) is 6.04 Å². The summed E-state index contributed by atoms with van der Waals surface area (Å²) in [6.45, 7) is 3.36. The third-order valence-corrected chi connectivity index (χ3v) is 4.35. The maximum atomic E-state index is 4.22. The molecule has 0 aliphatic heterocycles. The zero-order valence-electron chi connectivity index (χ0n) is 10.1. The number of hydrogen-bond acceptors (Lipinski definition) is 3. The van der Waals surface area contributed by atoms with E-state index in [4.69, 9.17) is 0 Å². The van der Waals surface area contributed by atoms with Crippen LogP contribution in [0.5, 0.6) is 0 Å². The van der Waals surface area contributed by atoms with Crippen LogP contribution >= 0.6 is 11.3 Å². The molecule has 0 bridgehead atoms. The Balaban J connectivity index is 2.01. The molecule has 1 unspecified atom stereocenters. The Bertz CT molecular complexity index is 278. The van der Waals surface area contributed by atoms with E-state index < -0.39 is 0 Å². The van der Waals surface area contributed by atoms with Crippen LogP contribution in [0, 0.1) is 5.92 Å². The fraction of sp³-hybridized carbons (Fsp3) is 0.769. The molecule has 0 radical (unpaired) electrons. The molecule has 0 amide bonds. The summed E-state index contributed by atoms with van der Waals surface area (Å²) >= 11 is 1.80. The highest BCUT2D eigenvalue weighted by molar-refractivity contribution is 7.09. The highest BCUT2D eigenvalue weighted by Crippen LogP contribution is 2.35. The van der Waals surface area contributed by atoms with Crippen LogP contribution in [0.1, 0.15) is 56.4 Å². The summed E-state index contributed by atoms with van der Waals surface area (Å²) in [7, 11) is 0. The van der Waals surface area contributed by atoms with Crippen LogP contribution in [0.15, 0.2) is 11.7 Å². The van der Waals surface area contributed by atoms with Gasteiger partial charge in [-0.15, -0.1) is 11.3 Å². The third kappa shape index (κ3) is 3.05. The summed E-state index contributed by atoms with van der Waals surface area (Å²) < 4.78 is 0. The first kappa shape index (κ1) is 12.1. The Labute approximate surface area is 102 Å². The molecule has 16 heavy (non-hydrogen) atoms. The van der Waals surface area contributed by atoms with Crippen molar-refractivity contribution in [2.24, 2.45) is 5.92 Å². The van der Waals surface area contributed by atoms with Crippen LogP contribution in [0.25, 0.3) is 0 Å². The predicted molar refractivity (Wildman–Crippen MR) is 69.7 cm³/mol. The second-order valence-electron chi connectivity index (χ2n) is 4.73. The molecule has 1 aliphatic carbocycles.